The van der Waals surface area contributed by atoms with Gasteiger partial charge in [-0.25, -0.2) is 0 Å². The van der Waals surface area contributed by atoms with E-state index in [2.05, 4.69) is 30.1 Å². The Hall–Kier alpha value is -1.10. The lowest BCUT2D eigenvalue weighted by molar-refractivity contribution is -0.0459. The summed E-state index contributed by atoms with van der Waals surface area (Å²) in [6.07, 6.45) is 2.28. The fraction of sp³-hybridized carbons (Fsp3) is 0.647. The van der Waals surface area contributed by atoms with Crippen molar-refractivity contribution in [2.75, 3.05) is 32.8 Å². The van der Waals surface area contributed by atoms with Gasteiger partial charge in [0, 0.05) is 19.1 Å². The summed E-state index contributed by atoms with van der Waals surface area (Å²) in [5.74, 6) is 0.333. The topological polar surface area (TPSA) is 44.7 Å². The highest BCUT2D eigenvalue weighted by Gasteiger charge is 2.27. The Kier molecular flexibility index (Phi) is 6.49. The molecule has 1 aliphatic rings. The maximum Gasteiger partial charge on any atom is 0.115 e. The summed E-state index contributed by atoms with van der Waals surface area (Å²) in [5.41, 5.74) is 1.15. The Morgan fingerprint density at radius 2 is 2.29 bits per heavy atom. The van der Waals surface area contributed by atoms with E-state index in [1.807, 2.05) is 12.1 Å². The molecule has 0 aromatic heterocycles. The Morgan fingerprint density at radius 3 is 3.00 bits per heavy atom. The number of rotatable bonds is 7. The molecular weight excluding hydrogens is 264 g/mol. The molecule has 4 nitrogen and oxygen atoms in total. The summed E-state index contributed by atoms with van der Waals surface area (Å²) in [6.45, 7) is 9.26. The average Bonchev–Trinajstić information content (AvgIpc) is 2.47. The number of morpholine rings is 1. The summed E-state index contributed by atoms with van der Waals surface area (Å²) in [6, 6.07) is 7.81. The summed E-state index contributed by atoms with van der Waals surface area (Å²) in [7, 11) is 0. The molecule has 1 fully saturated rings. The molecule has 0 bridgehead atoms. The second-order valence-corrected chi connectivity index (χ2v) is 5.75. The van der Waals surface area contributed by atoms with Gasteiger partial charge in [-0.2, -0.15) is 0 Å². The molecule has 4 heteroatoms. The van der Waals surface area contributed by atoms with E-state index in [1.54, 1.807) is 6.07 Å². The number of nitrogens with zero attached hydrogens (tertiary/aromatic N) is 1. The van der Waals surface area contributed by atoms with Crippen molar-refractivity contribution in [2.24, 2.45) is 0 Å². The number of phenolic OH excluding ortho intramolecular Hbond substituents is 1. The third-order valence-electron chi connectivity index (χ3n) is 4.00. The van der Waals surface area contributed by atoms with Crippen LogP contribution in [0.25, 0.3) is 0 Å². The number of ether oxygens (including phenoxy) is 1. The van der Waals surface area contributed by atoms with Crippen LogP contribution in [-0.2, 0) is 11.2 Å². The van der Waals surface area contributed by atoms with Crippen LogP contribution in [0.1, 0.15) is 25.8 Å². The highest BCUT2D eigenvalue weighted by Crippen LogP contribution is 2.17. The Balaban J connectivity index is 2.00. The number of phenols is 1. The van der Waals surface area contributed by atoms with Crippen molar-refractivity contribution in [2.45, 2.75) is 38.8 Å². The molecule has 0 aliphatic carbocycles. The lowest BCUT2D eigenvalue weighted by Crippen LogP contribution is -2.53. The number of hydrogen-bond donors (Lipinski definition) is 2. The predicted octanol–water partition coefficient (Wildman–Crippen LogP) is 2.02. The predicted molar refractivity (Wildman–Crippen MR) is 85.7 cm³/mol. The van der Waals surface area contributed by atoms with Crippen molar-refractivity contribution in [3.63, 3.8) is 0 Å². The smallest absolute Gasteiger partial charge is 0.115 e. The number of benzene rings is 1. The van der Waals surface area contributed by atoms with Crippen LogP contribution in [0.15, 0.2) is 24.3 Å². The molecule has 1 aromatic rings. The maximum atomic E-state index is 9.62. The van der Waals surface area contributed by atoms with Gasteiger partial charge in [0.05, 0.1) is 12.7 Å². The minimum atomic E-state index is 0.215. The molecular formula is C17H28N2O2. The normalized spacial score (nSPS) is 21.3. The number of hydrogen-bond acceptors (Lipinski definition) is 4. The van der Waals surface area contributed by atoms with Gasteiger partial charge in [-0.3, -0.25) is 4.90 Å². The molecule has 2 atom stereocenters. The van der Waals surface area contributed by atoms with Crippen LogP contribution < -0.4 is 5.32 Å². The van der Waals surface area contributed by atoms with Crippen molar-refractivity contribution in [3.05, 3.63) is 29.8 Å². The van der Waals surface area contributed by atoms with Gasteiger partial charge in [-0.1, -0.05) is 26.0 Å². The summed E-state index contributed by atoms with van der Waals surface area (Å²) in [5, 5.41) is 13.2. The second kappa shape index (κ2) is 8.37. The van der Waals surface area contributed by atoms with Crippen LogP contribution in [0.5, 0.6) is 5.75 Å². The molecule has 2 rings (SSSR count). The zero-order valence-corrected chi connectivity index (χ0v) is 13.2. The molecule has 0 radical (unpaired) electrons. The lowest BCUT2D eigenvalue weighted by atomic mass is 9.99. The first kappa shape index (κ1) is 16.3. The quantitative estimate of drug-likeness (QED) is 0.807. The second-order valence-electron chi connectivity index (χ2n) is 5.75. The van der Waals surface area contributed by atoms with Crippen molar-refractivity contribution < 1.29 is 9.84 Å². The minimum absolute atomic E-state index is 0.215. The first-order valence-corrected chi connectivity index (χ1v) is 8.08. The van der Waals surface area contributed by atoms with E-state index in [0.29, 0.717) is 5.75 Å². The number of likely N-dealkylation sites (N-methyl/N-ethyl adjacent to an activating group) is 1. The molecule has 0 spiro atoms. The molecule has 118 valence electrons. The highest BCUT2D eigenvalue weighted by atomic mass is 16.5. The SMILES string of the molecule is CCCN1CCOC(C(Cc2cccc(O)c2)NCC)C1. The highest BCUT2D eigenvalue weighted by molar-refractivity contribution is 5.27. The van der Waals surface area contributed by atoms with Crippen LogP contribution in [0.2, 0.25) is 0 Å². The average molecular weight is 292 g/mol. The molecule has 0 saturated carbocycles. The molecule has 1 saturated heterocycles. The van der Waals surface area contributed by atoms with Gasteiger partial charge in [0.1, 0.15) is 5.75 Å². The molecule has 2 N–H and O–H groups in total. The fourth-order valence-corrected chi connectivity index (χ4v) is 3.03. The van der Waals surface area contributed by atoms with Gasteiger partial charge in [-0.05, 0) is 43.6 Å². The molecule has 21 heavy (non-hydrogen) atoms. The third kappa shape index (κ3) is 4.99. The minimum Gasteiger partial charge on any atom is -0.508 e. The number of aromatic hydroxyl groups is 1. The van der Waals surface area contributed by atoms with Crippen molar-refractivity contribution >= 4 is 0 Å². The van der Waals surface area contributed by atoms with Gasteiger partial charge in [0.2, 0.25) is 0 Å². The van der Waals surface area contributed by atoms with Crippen LogP contribution in [0.3, 0.4) is 0 Å². The summed E-state index contributed by atoms with van der Waals surface area (Å²) >= 11 is 0. The van der Waals surface area contributed by atoms with E-state index in [-0.39, 0.29) is 12.1 Å². The largest absolute Gasteiger partial charge is 0.508 e. The zero-order valence-electron chi connectivity index (χ0n) is 13.2. The van der Waals surface area contributed by atoms with Crippen LogP contribution in [-0.4, -0.2) is 54.9 Å². The maximum absolute atomic E-state index is 9.62. The molecule has 1 aromatic carbocycles. The van der Waals surface area contributed by atoms with Crippen LogP contribution >= 0.6 is 0 Å². The van der Waals surface area contributed by atoms with E-state index in [1.165, 1.54) is 6.42 Å². The Morgan fingerprint density at radius 1 is 1.43 bits per heavy atom. The molecule has 0 amide bonds. The van der Waals surface area contributed by atoms with E-state index in [9.17, 15) is 5.11 Å². The van der Waals surface area contributed by atoms with E-state index in [0.717, 1.165) is 44.8 Å². The molecule has 1 aliphatic heterocycles. The Bertz CT molecular complexity index is 423. The van der Waals surface area contributed by atoms with E-state index < -0.39 is 0 Å². The number of nitrogens with one attached hydrogen (secondary N) is 1. The lowest BCUT2D eigenvalue weighted by Gasteiger charge is -2.37. The van der Waals surface area contributed by atoms with Gasteiger partial charge in [0.15, 0.2) is 0 Å². The first-order valence-electron chi connectivity index (χ1n) is 8.08. The monoisotopic (exact) mass is 292 g/mol. The molecule has 1 heterocycles. The van der Waals surface area contributed by atoms with Gasteiger partial charge in [-0.15, -0.1) is 0 Å². The third-order valence-corrected chi connectivity index (χ3v) is 4.00. The van der Waals surface area contributed by atoms with Crippen molar-refractivity contribution in [3.8, 4) is 5.75 Å². The van der Waals surface area contributed by atoms with Gasteiger partial charge in [0.25, 0.3) is 0 Å². The zero-order chi connectivity index (χ0) is 15.1. The Labute approximate surface area is 128 Å². The van der Waals surface area contributed by atoms with Crippen LogP contribution in [0.4, 0.5) is 0 Å². The fourth-order valence-electron chi connectivity index (χ4n) is 3.03. The first-order chi connectivity index (χ1) is 10.2. The van der Waals surface area contributed by atoms with Gasteiger partial charge < -0.3 is 15.2 Å². The van der Waals surface area contributed by atoms with Crippen LogP contribution in [0, 0.1) is 0 Å². The summed E-state index contributed by atoms with van der Waals surface area (Å²) < 4.78 is 6.01. The van der Waals surface area contributed by atoms with E-state index >= 15 is 0 Å². The van der Waals surface area contributed by atoms with Crippen molar-refractivity contribution in [1.29, 1.82) is 0 Å². The van der Waals surface area contributed by atoms with Gasteiger partial charge >= 0.3 is 0 Å². The molecule has 2 unspecified atom stereocenters. The van der Waals surface area contributed by atoms with Crippen molar-refractivity contribution in [1.82, 2.24) is 10.2 Å². The summed E-state index contributed by atoms with van der Waals surface area (Å²) in [4.78, 5) is 2.49. The standard InChI is InChI=1S/C17H28N2O2/c1-3-8-19-9-10-21-17(13-19)16(18-4-2)12-14-6-5-7-15(20)11-14/h5-7,11,16-18,20H,3-4,8-10,12-13H2,1-2H3. The van der Waals surface area contributed by atoms with E-state index in [4.69, 9.17) is 4.74 Å².